The molecule has 0 aliphatic heterocycles. The molecule has 0 atom stereocenters. The molecule has 2 aromatic heterocycles. The fourth-order valence-electron chi connectivity index (χ4n) is 2.15. The zero-order chi connectivity index (χ0) is 16.2. The summed E-state index contributed by atoms with van der Waals surface area (Å²) < 4.78 is 6.75. The molecule has 118 valence electrons. The number of carbonyl (C=O) groups excluding carboxylic acids is 1. The van der Waals surface area contributed by atoms with E-state index < -0.39 is 0 Å². The molecule has 2 heterocycles. The van der Waals surface area contributed by atoms with Crippen molar-refractivity contribution in [1.29, 1.82) is 0 Å². The number of nitrogens with one attached hydrogen (secondary N) is 1. The Morgan fingerprint density at radius 3 is 2.87 bits per heavy atom. The lowest BCUT2D eigenvalue weighted by atomic mass is 10.1. The average molecular weight is 311 g/mol. The second-order valence-electron chi connectivity index (χ2n) is 5.42. The van der Waals surface area contributed by atoms with E-state index in [9.17, 15) is 4.79 Å². The molecule has 1 N–H and O–H groups in total. The minimum atomic E-state index is -0.294. The first-order valence-electron chi connectivity index (χ1n) is 7.33. The molecule has 7 heteroatoms. The second-order valence-corrected chi connectivity index (χ2v) is 5.42. The van der Waals surface area contributed by atoms with Gasteiger partial charge >= 0.3 is 0 Å². The number of benzene rings is 1. The molecular formula is C16H17N5O2. The van der Waals surface area contributed by atoms with Gasteiger partial charge in [-0.2, -0.15) is 5.10 Å². The highest BCUT2D eigenvalue weighted by Gasteiger charge is 2.15. The van der Waals surface area contributed by atoms with Crippen LogP contribution in [0.15, 0.2) is 47.5 Å². The molecule has 0 saturated heterocycles. The van der Waals surface area contributed by atoms with Gasteiger partial charge < -0.3 is 9.84 Å². The molecule has 0 bridgehead atoms. The summed E-state index contributed by atoms with van der Waals surface area (Å²) in [5.74, 6) is 0.137. The minimum absolute atomic E-state index is 0.215. The van der Waals surface area contributed by atoms with Crippen molar-refractivity contribution in [3.63, 3.8) is 0 Å². The van der Waals surface area contributed by atoms with Crippen molar-refractivity contribution in [3.8, 4) is 5.69 Å². The summed E-state index contributed by atoms with van der Waals surface area (Å²) in [6, 6.07) is 9.34. The van der Waals surface area contributed by atoms with Crippen molar-refractivity contribution in [2.24, 2.45) is 0 Å². The van der Waals surface area contributed by atoms with Crippen LogP contribution in [-0.2, 0) is 6.54 Å². The normalized spacial score (nSPS) is 10.9. The SMILES string of the molecule is CC(C)c1cc(C(=O)NCc2ccccc2-n2cncn2)on1. The lowest BCUT2D eigenvalue weighted by Crippen LogP contribution is -2.23. The van der Waals surface area contributed by atoms with Crippen molar-refractivity contribution in [2.45, 2.75) is 26.3 Å². The summed E-state index contributed by atoms with van der Waals surface area (Å²) in [6.45, 7) is 4.34. The summed E-state index contributed by atoms with van der Waals surface area (Å²) in [5, 5.41) is 10.8. The quantitative estimate of drug-likeness (QED) is 0.781. The lowest BCUT2D eigenvalue weighted by molar-refractivity contribution is 0.0914. The van der Waals surface area contributed by atoms with E-state index in [4.69, 9.17) is 4.52 Å². The Labute approximate surface area is 133 Å². The molecule has 1 aromatic carbocycles. The van der Waals surface area contributed by atoms with Gasteiger partial charge in [0.2, 0.25) is 5.76 Å². The first-order chi connectivity index (χ1) is 11.1. The van der Waals surface area contributed by atoms with Crippen molar-refractivity contribution in [3.05, 3.63) is 60.0 Å². The van der Waals surface area contributed by atoms with Crippen LogP contribution >= 0.6 is 0 Å². The third-order valence-electron chi connectivity index (χ3n) is 3.44. The maximum Gasteiger partial charge on any atom is 0.290 e. The molecule has 0 aliphatic carbocycles. The van der Waals surface area contributed by atoms with Gasteiger partial charge in [0.05, 0.1) is 11.4 Å². The van der Waals surface area contributed by atoms with Gasteiger partial charge in [-0.05, 0) is 17.5 Å². The standard InChI is InChI=1S/C16H17N5O2/c1-11(2)13-7-15(23-20-13)16(22)18-8-12-5-3-4-6-14(12)21-10-17-9-19-21/h3-7,9-11H,8H2,1-2H3,(H,18,22). The third-order valence-corrected chi connectivity index (χ3v) is 3.44. The Balaban J connectivity index is 1.72. The molecule has 0 spiro atoms. The summed E-state index contributed by atoms with van der Waals surface area (Å²) in [4.78, 5) is 16.1. The minimum Gasteiger partial charge on any atom is -0.351 e. The van der Waals surface area contributed by atoms with Crippen molar-refractivity contribution < 1.29 is 9.32 Å². The summed E-state index contributed by atoms with van der Waals surface area (Å²) >= 11 is 0. The van der Waals surface area contributed by atoms with E-state index >= 15 is 0 Å². The largest absolute Gasteiger partial charge is 0.351 e. The number of para-hydroxylation sites is 1. The molecule has 0 saturated carbocycles. The van der Waals surface area contributed by atoms with Gasteiger partial charge in [-0.1, -0.05) is 37.2 Å². The highest BCUT2D eigenvalue weighted by atomic mass is 16.5. The van der Waals surface area contributed by atoms with Gasteiger partial charge in [-0.25, -0.2) is 9.67 Å². The third kappa shape index (κ3) is 3.28. The summed E-state index contributed by atoms with van der Waals surface area (Å²) in [7, 11) is 0. The van der Waals surface area contributed by atoms with Crippen molar-refractivity contribution >= 4 is 5.91 Å². The number of nitrogens with zero attached hydrogens (tertiary/aromatic N) is 4. The number of hydrogen-bond donors (Lipinski definition) is 1. The molecule has 0 aliphatic rings. The number of hydrogen-bond acceptors (Lipinski definition) is 5. The van der Waals surface area contributed by atoms with Crippen LogP contribution in [0.4, 0.5) is 0 Å². The highest BCUT2D eigenvalue weighted by molar-refractivity contribution is 5.91. The Bertz CT molecular complexity index is 792. The van der Waals surface area contributed by atoms with Crippen LogP contribution in [0.2, 0.25) is 0 Å². The van der Waals surface area contributed by atoms with Gasteiger partial charge in [-0.3, -0.25) is 4.79 Å². The fourth-order valence-corrected chi connectivity index (χ4v) is 2.15. The Kier molecular flexibility index (Phi) is 4.18. The van der Waals surface area contributed by atoms with Crippen LogP contribution in [-0.4, -0.2) is 25.8 Å². The molecule has 0 fully saturated rings. The molecule has 7 nitrogen and oxygen atoms in total. The zero-order valence-corrected chi connectivity index (χ0v) is 12.9. The van der Waals surface area contributed by atoms with Crippen LogP contribution in [0, 0.1) is 0 Å². The second kappa shape index (κ2) is 6.43. The smallest absolute Gasteiger partial charge is 0.290 e. The van der Waals surface area contributed by atoms with Gasteiger partial charge in [-0.15, -0.1) is 0 Å². The number of aromatic nitrogens is 4. The van der Waals surface area contributed by atoms with E-state index in [2.05, 4.69) is 20.6 Å². The van der Waals surface area contributed by atoms with Gasteiger partial charge in [0.25, 0.3) is 5.91 Å². The van der Waals surface area contributed by atoms with Crippen LogP contribution in [0.25, 0.3) is 5.69 Å². The van der Waals surface area contributed by atoms with E-state index in [1.807, 2.05) is 38.1 Å². The maximum atomic E-state index is 12.2. The molecule has 3 aromatic rings. The molecule has 1 amide bonds. The van der Waals surface area contributed by atoms with Crippen molar-refractivity contribution in [2.75, 3.05) is 0 Å². The van der Waals surface area contributed by atoms with E-state index in [1.165, 1.54) is 6.33 Å². The Morgan fingerprint density at radius 1 is 1.35 bits per heavy atom. The van der Waals surface area contributed by atoms with Crippen LogP contribution < -0.4 is 5.32 Å². The summed E-state index contributed by atoms with van der Waals surface area (Å²) in [6.07, 6.45) is 3.09. The average Bonchev–Trinajstić information content (AvgIpc) is 3.24. The van der Waals surface area contributed by atoms with Crippen LogP contribution in [0.3, 0.4) is 0 Å². The first kappa shape index (κ1) is 15.0. The summed E-state index contributed by atoms with van der Waals surface area (Å²) in [5.41, 5.74) is 2.55. The highest BCUT2D eigenvalue weighted by Crippen LogP contribution is 2.15. The lowest BCUT2D eigenvalue weighted by Gasteiger charge is -2.09. The Hall–Kier alpha value is -2.96. The zero-order valence-electron chi connectivity index (χ0n) is 12.9. The van der Waals surface area contributed by atoms with E-state index in [0.29, 0.717) is 6.54 Å². The van der Waals surface area contributed by atoms with Crippen molar-refractivity contribution in [1.82, 2.24) is 25.2 Å². The maximum absolute atomic E-state index is 12.2. The van der Waals surface area contributed by atoms with E-state index in [1.54, 1.807) is 17.1 Å². The topological polar surface area (TPSA) is 85.8 Å². The number of rotatable bonds is 5. The van der Waals surface area contributed by atoms with Gasteiger partial charge in [0.15, 0.2) is 0 Å². The molecule has 3 rings (SSSR count). The van der Waals surface area contributed by atoms with Crippen LogP contribution in [0.5, 0.6) is 0 Å². The molecular weight excluding hydrogens is 294 g/mol. The van der Waals surface area contributed by atoms with E-state index in [-0.39, 0.29) is 17.6 Å². The Morgan fingerprint density at radius 2 is 2.17 bits per heavy atom. The molecule has 0 unspecified atom stereocenters. The molecule has 23 heavy (non-hydrogen) atoms. The van der Waals surface area contributed by atoms with Gasteiger partial charge in [0.1, 0.15) is 12.7 Å². The number of carbonyl (C=O) groups is 1. The predicted octanol–water partition coefficient (Wildman–Crippen LogP) is 2.31. The fraction of sp³-hybridized carbons (Fsp3) is 0.250. The molecule has 0 radical (unpaired) electrons. The monoisotopic (exact) mass is 311 g/mol. The number of amides is 1. The first-order valence-corrected chi connectivity index (χ1v) is 7.33. The van der Waals surface area contributed by atoms with Crippen LogP contribution in [0.1, 0.15) is 41.6 Å². The van der Waals surface area contributed by atoms with Gasteiger partial charge in [0, 0.05) is 12.6 Å². The predicted molar refractivity (Wildman–Crippen MR) is 83.1 cm³/mol. The van der Waals surface area contributed by atoms with E-state index in [0.717, 1.165) is 16.9 Å².